The number of piperazine rings is 1. The standard InChI is InChI=1S/C17H21N3O3S2.ClH/c1-14(21)18-15-4-6-17(7-5-15)25(22,23)20-10-8-19(9-11-20)13-16-3-2-12-24-16;/h2-7,12H,8-11,13H2,1H3,(H,18,21);1H. The third-order valence-corrected chi connectivity index (χ3v) is 6.88. The van der Waals surface area contributed by atoms with Gasteiger partial charge in [-0.2, -0.15) is 4.31 Å². The lowest BCUT2D eigenvalue weighted by Gasteiger charge is -2.33. The summed E-state index contributed by atoms with van der Waals surface area (Å²) in [4.78, 5) is 14.9. The number of hydrogen-bond donors (Lipinski definition) is 1. The van der Waals surface area contributed by atoms with Gasteiger partial charge in [0.2, 0.25) is 15.9 Å². The lowest BCUT2D eigenvalue weighted by molar-refractivity contribution is -0.114. The lowest BCUT2D eigenvalue weighted by Crippen LogP contribution is -2.48. The van der Waals surface area contributed by atoms with Crippen LogP contribution in [0.5, 0.6) is 0 Å². The number of hydrogen-bond acceptors (Lipinski definition) is 5. The van der Waals surface area contributed by atoms with Crippen LogP contribution in [-0.2, 0) is 21.4 Å². The third-order valence-electron chi connectivity index (χ3n) is 4.10. The molecule has 1 saturated heterocycles. The maximum Gasteiger partial charge on any atom is 0.243 e. The van der Waals surface area contributed by atoms with Crippen LogP contribution in [0.25, 0.3) is 0 Å². The molecule has 2 heterocycles. The fourth-order valence-electron chi connectivity index (χ4n) is 2.81. The molecule has 0 saturated carbocycles. The minimum atomic E-state index is -3.50. The number of anilines is 1. The Kier molecular flexibility index (Phi) is 7.19. The van der Waals surface area contributed by atoms with Gasteiger partial charge in [-0.3, -0.25) is 9.69 Å². The Morgan fingerprint density at radius 1 is 1.12 bits per heavy atom. The molecule has 1 N–H and O–H groups in total. The van der Waals surface area contributed by atoms with E-state index in [1.165, 1.54) is 16.1 Å². The first kappa shape index (κ1) is 20.9. The second kappa shape index (κ2) is 8.96. The molecule has 1 aromatic carbocycles. The van der Waals surface area contributed by atoms with E-state index in [1.807, 2.05) is 6.07 Å². The van der Waals surface area contributed by atoms with Crippen molar-refractivity contribution >= 4 is 45.4 Å². The summed E-state index contributed by atoms with van der Waals surface area (Å²) in [5.74, 6) is -0.183. The molecular weight excluding hydrogens is 394 g/mol. The van der Waals surface area contributed by atoms with Crippen molar-refractivity contribution in [2.45, 2.75) is 18.4 Å². The normalized spacial score (nSPS) is 16.0. The Hall–Kier alpha value is -1.45. The number of rotatable bonds is 5. The monoisotopic (exact) mass is 415 g/mol. The van der Waals surface area contributed by atoms with E-state index in [1.54, 1.807) is 35.6 Å². The molecule has 0 aliphatic carbocycles. The summed E-state index contributed by atoms with van der Waals surface area (Å²) in [5.41, 5.74) is 0.590. The van der Waals surface area contributed by atoms with Crippen molar-refractivity contribution in [3.63, 3.8) is 0 Å². The van der Waals surface area contributed by atoms with Gasteiger partial charge < -0.3 is 5.32 Å². The number of nitrogens with zero attached hydrogens (tertiary/aromatic N) is 2. The van der Waals surface area contributed by atoms with Gasteiger partial charge in [0.25, 0.3) is 0 Å². The van der Waals surface area contributed by atoms with Crippen LogP contribution in [0.4, 0.5) is 5.69 Å². The Bertz CT molecular complexity index is 815. The zero-order chi connectivity index (χ0) is 17.9. The lowest BCUT2D eigenvalue weighted by atomic mass is 10.3. The highest BCUT2D eigenvalue weighted by Gasteiger charge is 2.28. The Balaban J connectivity index is 0.00000243. The quantitative estimate of drug-likeness (QED) is 0.814. The molecule has 0 spiro atoms. The average Bonchev–Trinajstić information content (AvgIpc) is 3.08. The predicted molar refractivity (Wildman–Crippen MR) is 106 cm³/mol. The molecule has 1 aliphatic rings. The van der Waals surface area contributed by atoms with Crippen molar-refractivity contribution in [3.8, 4) is 0 Å². The van der Waals surface area contributed by atoms with E-state index in [2.05, 4.69) is 21.7 Å². The first-order chi connectivity index (χ1) is 11.9. The molecule has 1 fully saturated rings. The van der Waals surface area contributed by atoms with Gasteiger partial charge in [0.1, 0.15) is 0 Å². The van der Waals surface area contributed by atoms with E-state index in [0.717, 1.165) is 19.6 Å². The molecule has 1 amide bonds. The molecule has 0 atom stereocenters. The van der Waals surface area contributed by atoms with Crippen molar-refractivity contribution in [1.29, 1.82) is 0 Å². The molecule has 142 valence electrons. The molecule has 0 unspecified atom stereocenters. The number of nitrogens with one attached hydrogen (secondary N) is 1. The molecule has 1 aromatic heterocycles. The third kappa shape index (κ3) is 5.05. The fourth-order valence-corrected chi connectivity index (χ4v) is 4.98. The van der Waals surface area contributed by atoms with Crippen LogP contribution < -0.4 is 5.32 Å². The Morgan fingerprint density at radius 3 is 2.31 bits per heavy atom. The molecular formula is C17H22ClN3O3S2. The SMILES string of the molecule is CC(=O)Nc1ccc(S(=O)(=O)N2CCN(Cc3cccs3)CC2)cc1.Cl. The van der Waals surface area contributed by atoms with Crippen molar-refractivity contribution in [2.75, 3.05) is 31.5 Å². The molecule has 9 heteroatoms. The number of carbonyl (C=O) groups excluding carboxylic acids is 1. The maximum absolute atomic E-state index is 12.8. The molecule has 1 aliphatic heterocycles. The van der Waals surface area contributed by atoms with E-state index in [9.17, 15) is 13.2 Å². The number of amides is 1. The highest BCUT2D eigenvalue weighted by molar-refractivity contribution is 7.89. The number of thiophene rings is 1. The topological polar surface area (TPSA) is 69.7 Å². The molecule has 6 nitrogen and oxygen atoms in total. The number of halogens is 1. The maximum atomic E-state index is 12.8. The second-order valence-corrected chi connectivity index (χ2v) is 8.94. The second-order valence-electron chi connectivity index (χ2n) is 5.97. The molecule has 26 heavy (non-hydrogen) atoms. The summed E-state index contributed by atoms with van der Waals surface area (Å²) in [7, 11) is -3.50. The predicted octanol–water partition coefficient (Wildman–Crippen LogP) is 2.63. The summed E-state index contributed by atoms with van der Waals surface area (Å²) in [6, 6.07) is 10.4. The summed E-state index contributed by atoms with van der Waals surface area (Å²) in [6.45, 7) is 4.71. The highest BCUT2D eigenvalue weighted by atomic mass is 35.5. The van der Waals surface area contributed by atoms with Crippen LogP contribution in [0.1, 0.15) is 11.8 Å². The first-order valence-electron chi connectivity index (χ1n) is 8.08. The van der Waals surface area contributed by atoms with Crippen LogP contribution in [0.2, 0.25) is 0 Å². The Labute approximate surface area is 164 Å². The number of carbonyl (C=O) groups is 1. The minimum Gasteiger partial charge on any atom is -0.326 e. The highest BCUT2D eigenvalue weighted by Crippen LogP contribution is 2.21. The van der Waals surface area contributed by atoms with Crippen LogP contribution in [0, 0.1) is 0 Å². The minimum absolute atomic E-state index is 0. The van der Waals surface area contributed by atoms with Crippen molar-refractivity contribution in [3.05, 3.63) is 46.7 Å². The van der Waals surface area contributed by atoms with Gasteiger partial charge in [0, 0.05) is 50.2 Å². The van der Waals surface area contributed by atoms with Gasteiger partial charge in [0.15, 0.2) is 0 Å². The average molecular weight is 416 g/mol. The van der Waals surface area contributed by atoms with E-state index >= 15 is 0 Å². The number of benzene rings is 1. The van der Waals surface area contributed by atoms with Crippen LogP contribution >= 0.6 is 23.7 Å². The van der Waals surface area contributed by atoms with Gasteiger partial charge in [0.05, 0.1) is 4.90 Å². The van der Waals surface area contributed by atoms with E-state index in [-0.39, 0.29) is 23.2 Å². The van der Waals surface area contributed by atoms with Crippen molar-refractivity contribution in [1.82, 2.24) is 9.21 Å². The van der Waals surface area contributed by atoms with E-state index in [0.29, 0.717) is 18.8 Å². The largest absolute Gasteiger partial charge is 0.326 e. The zero-order valence-electron chi connectivity index (χ0n) is 14.4. The van der Waals surface area contributed by atoms with Gasteiger partial charge in [-0.1, -0.05) is 6.07 Å². The van der Waals surface area contributed by atoms with E-state index < -0.39 is 10.0 Å². The van der Waals surface area contributed by atoms with Crippen molar-refractivity contribution in [2.24, 2.45) is 0 Å². The Morgan fingerprint density at radius 2 is 1.77 bits per heavy atom. The van der Waals surface area contributed by atoms with Gasteiger partial charge >= 0.3 is 0 Å². The van der Waals surface area contributed by atoms with E-state index in [4.69, 9.17) is 0 Å². The van der Waals surface area contributed by atoms with Crippen LogP contribution in [0.3, 0.4) is 0 Å². The summed E-state index contributed by atoms with van der Waals surface area (Å²) in [5, 5.41) is 4.69. The summed E-state index contributed by atoms with van der Waals surface area (Å²) < 4.78 is 27.1. The summed E-state index contributed by atoms with van der Waals surface area (Å²) in [6.07, 6.45) is 0. The van der Waals surface area contributed by atoms with Crippen molar-refractivity contribution < 1.29 is 13.2 Å². The number of sulfonamides is 1. The summed E-state index contributed by atoms with van der Waals surface area (Å²) >= 11 is 1.72. The van der Waals surface area contributed by atoms with Crippen LogP contribution in [-0.4, -0.2) is 49.7 Å². The van der Waals surface area contributed by atoms with Crippen LogP contribution in [0.15, 0.2) is 46.7 Å². The van der Waals surface area contributed by atoms with Gasteiger partial charge in [-0.05, 0) is 35.7 Å². The first-order valence-corrected chi connectivity index (χ1v) is 10.4. The fraction of sp³-hybridized carbons (Fsp3) is 0.353. The smallest absolute Gasteiger partial charge is 0.243 e. The van der Waals surface area contributed by atoms with Gasteiger partial charge in [-0.25, -0.2) is 8.42 Å². The zero-order valence-corrected chi connectivity index (χ0v) is 16.9. The molecule has 0 bridgehead atoms. The molecule has 3 rings (SSSR count). The van der Waals surface area contributed by atoms with Gasteiger partial charge in [-0.15, -0.1) is 23.7 Å². The molecule has 0 radical (unpaired) electrons. The molecule has 2 aromatic rings.